The Hall–Kier alpha value is -1.59. The standard InChI is InChI=1S/C16H21NO4/c18-13-3-1-12(2-4-13)9-14(15(19)20)17-10-16(11-17)5-7-21-8-6-16/h1-4,14,18H,5-11H2,(H,19,20). The second kappa shape index (κ2) is 5.66. The van der Waals surface area contributed by atoms with E-state index in [0.717, 1.165) is 44.7 Å². The first-order chi connectivity index (χ1) is 10.1. The molecule has 0 saturated carbocycles. The summed E-state index contributed by atoms with van der Waals surface area (Å²) in [6.45, 7) is 3.30. The minimum absolute atomic E-state index is 0.204. The zero-order chi connectivity index (χ0) is 14.9. The van der Waals surface area contributed by atoms with Crippen LogP contribution in [0.25, 0.3) is 0 Å². The van der Waals surface area contributed by atoms with E-state index in [1.807, 2.05) is 0 Å². The zero-order valence-corrected chi connectivity index (χ0v) is 12.0. The van der Waals surface area contributed by atoms with Crippen LogP contribution < -0.4 is 0 Å². The highest BCUT2D eigenvalue weighted by molar-refractivity contribution is 5.74. The predicted octanol–water partition coefficient (Wildman–Crippen LogP) is 1.50. The van der Waals surface area contributed by atoms with Gasteiger partial charge in [-0.25, -0.2) is 0 Å². The van der Waals surface area contributed by atoms with Crippen LogP contribution in [0.3, 0.4) is 0 Å². The van der Waals surface area contributed by atoms with Gasteiger partial charge in [0.25, 0.3) is 0 Å². The van der Waals surface area contributed by atoms with E-state index in [1.54, 1.807) is 24.3 Å². The van der Waals surface area contributed by atoms with Gasteiger partial charge >= 0.3 is 5.97 Å². The van der Waals surface area contributed by atoms with Crippen molar-refractivity contribution in [2.75, 3.05) is 26.3 Å². The number of carboxylic acids is 1. The highest BCUT2D eigenvalue weighted by Crippen LogP contribution is 2.41. The average molecular weight is 291 g/mol. The number of carboxylic acid groups (broad SMARTS) is 1. The Kier molecular flexibility index (Phi) is 3.87. The molecular formula is C16H21NO4. The fourth-order valence-electron chi connectivity index (χ4n) is 3.38. The fraction of sp³-hybridized carbons (Fsp3) is 0.562. The molecule has 2 saturated heterocycles. The summed E-state index contributed by atoms with van der Waals surface area (Å²) in [5, 5.41) is 18.8. The number of nitrogens with zero attached hydrogens (tertiary/aromatic N) is 1. The van der Waals surface area contributed by atoms with Gasteiger partial charge in [0.05, 0.1) is 0 Å². The lowest BCUT2D eigenvalue weighted by Crippen LogP contribution is -2.63. The van der Waals surface area contributed by atoms with E-state index in [-0.39, 0.29) is 11.2 Å². The van der Waals surface area contributed by atoms with Gasteiger partial charge in [-0.2, -0.15) is 0 Å². The summed E-state index contributed by atoms with van der Waals surface area (Å²) in [4.78, 5) is 13.6. The van der Waals surface area contributed by atoms with Crippen LogP contribution in [0.2, 0.25) is 0 Å². The quantitative estimate of drug-likeness (QED) is 0.880. The Morgan fingerprint density at radius 3 is 2.43 bits per heavy atom. The largest absolute Gasteiger partial charge is 0.508 e. The number of rotatable bonds is 4. The third kappa shape index (κ3) is 3.04. The molecule has 2 N–H and O–H groups in total. The first-order valence-corrected chi connectivity index (χ1v) is 7.41. The summed E-state index contributed by atoms with van der Waals surface area (Å²) in [5.74, 6) is -0.569. The molecule has 2 fully saturated rings. The van der Waals surface area contributed by atoms with E-state index in [4.69, 9.17) is 4.74 Å². The SMILES string of the molecule is O=C(O)C(Cc1ccc(O)cc1)N1CC2(CCOCC2)C1. The molecule has 5 heteroatoms. The molecule has 1 unspecified atom stereocenters. The minimum atomic E-state index is -0.773. The van der Waals surface area contributed by atoms with Gasteiger partial charge in [0.1, 0.15) is 11.8 Å². The molecular weight excluding hydrogens is 270 g/mol. The number of phenolic OH excluding ortho intramolecular Hbond substituents is 1. The van der Waals surface area contributed by atoms with Crippen molar-refractivity contribution < 1.29 is 19.7 Å². The number of likely N-dealkylation sites (tertiary alicyclic amines) is 1. The molecule has 0 bridgehead atoms. The molecule has 3 rings (SSSR count). The van der Waals surface area contributed by atoms with Gasteiger partial charge in [0.15, 0.2) is 0 Å². The summed E-state index contributed by atoms with van der Waals surface area (Å²) in [7, 11) is 0. The molecule has 1 atom stereocenters. The molecule has 0 amide bonds. The van der Waals surface area contributed by atoms with Crippen LogP contribution >= 0.6 is 0 Å². The second-order valence-corrected chi connectivity index (χ2v) is 6.24. The molecule has 1 aromatic carbocycles. The molecule has 1 aromatic rings. The van der Waals surface area contributed by atoms with Gasteiger partial charge in [0, 0.05) is 31.7 Å². The van der Waals surface area contributed by atoms with Crippen molar-refractivity contribution >= 4 is 5.97 Å². The van der Waals surface area contributed by atoms with Crippen molar-refractivity contribution in [3.63, 3.8) is 0 Å². The smallest absolute Gasteiger partial charge is 0.321 e. The van der Waals surface area contributed by atoms with Crippen molar-refractivity contribution in [2.45, 2.75) is 25.3 Å². The fourth-order valence-corrected chi connectivity index (χ4v) is 3.38. The van der Waals surface area contributed by atoms with Crippen LogP contribution in [0, 0.1) is 5.41 Å². The lowest BCUT2D eigenvalue weighted by Gasteiger charge is -2.54. The summed E-state index contributed by atoms with van der Waals surface area (Å²) < 4.78 is 5.39. The molecule has 0 aromatic heterocycles. The molecule has 2 heterocycles. The van der Waals surface area contributed by atoms with E-state index in [9.17, 15) is 15.0 Å². The molecule has 1 spiro atoms. The summed E-state index contributed by atoms with van der Waals surface area (Å²) in [6, 6.07) is 6.29. The number of phenols is 1. The third-order valence-corrected chi connectivity index (χ3v) is 4.72. The van der Waals surface area contributed by atoms with Gasteiger partial charge in [-0.05, 0) is 37.0 Å². The Morgan fingerprint density at radius 1 is 1.24 bits per heavy atom. The van der Waals surface area contributed by atoms with Crippen LogP contribution in [0.5, 0.6) is 5.75 Å². The monoisotopic (exact) mass is 291 g/mol. The van der Waals surface area contributed by atoms with Gasteiger partial charge in [-0.1, -0.05) is 12.1 Å². The molecule has 2 aliphatic rings. The molecule has 0 aliphatic carbocycles. The van der Waals surface area contributed by atoms with Crippen LogP contribution in [-0.2, 0) is 16.0 Å². The van der Waals surface area contributed by atoms with Crippen molar-refractivity contribution in [1.82, 2.24) is 4.90 Å². The first kappa shape index (κ1) is 14.4. The highest BCUT2D eigenvalue weighted by Gasteiger charge is 2.47. The number of carbonyl (C=O) groups is 1. The maximum absolute atomic E-state index is 11.6. The van der Waals surface area contributed by atoms with Crippen molar-refractivity contribution in [3.05, 3.63) is 29.8 Å². The van der Waals surface area contributed by atoms with Crippen molar-refractivity contribution in [3.8, 4) is 5.75 Å². The molecule has 2 aliphatic heterocycles. The van der Waals surface area contributed by atoms with Gasteiger partial charge < -0.3 is 14.9 Å². The topological polar surface area (TPSA) is 70.0 Å². The third-order valence-electron chi connectivity index (χ3n) is 4.72. The average Bonchev–Trinajstić information content (AvgIpc) is 2.45. The van der Waals surface area contributed by atoms with E-state index in [0.29, 0.717) is 6.42 Å². The summed E-state index contributed by atoms with van der Waals surface area (Å²) in [5.41, 5.74) is 1.22. The van der Waals surface area contributed by atoms with Crippen molar-refractivity contribution in [2.24, 2.45) is 5.41 Å². The molecule has 0 radical (unpaired) electrons. The number of ether oxygens (including phenoxy) is 1. The van der Waals surface area contributed by atoms with Gasteiger partial charge in [-0.3, -0.25) is 9.69 Å². The minimum Gasteiger partial charge on any atom is -0.508 e. The summed E-state index contributed by atoms with van der Waals surface area (Å²) >= 11 is 0. The molecule has 114 valence electrons. The number of hydrogen-bond acceptors (Lipinski definition) is 4. The number of aromatic hydroxyl groups is 1. The van der Waals surface area contributed by atoms with Gasteiger partial charge in [0.2, 0.25) is 0 Å². The Bertz CT molecular complexity index is 500. The lowest BCUT2D eigenvalue weighted by atomic mass is 9.72. The van der Waals surface area contributed by atoms with E-state index in [2.05, 4.69) is 4.90 Å². The van der Waals surface area contributed by atoms with Crippen LogP contribution in [0.4, 0.5) is 0 Å². The normalized spacial score (nSPS) is 22.7. The summed E-state index contributed by atoms with van der Waals surface area (Å²) in [6.07, 6.45) is 2.55. The second-order valence-electron chi connectivity index (χ2n) is 6.24. The van der Waals surface area contributed by atoms with Crippen LogP contribution in [0.15, 0.2) is 24.3 Å². The number of hydrogen-bond donors (Lipinski definition) is 2. The molecule has 21 heavy (non-hydrogen) atoms. The maximum Gasteiger partial charge on any atom is 0.321 e. The Morgan fingerprint density at radius 2 is 1.86 bits per heavy atom. The lowest BCUT2D eigenvalue weighted by molar-refractivity contribution is -0.154. The van der Waals surface area contributed by atoms with Gasteiger partial charge in [-0.15, -0.1) is 0 Å². The first-order valence-electron chi connectivity index (χ1n) is 7.41. The van der Waals surface area contributed by atoms with Crippen LogP contribution in [0.1, 0.15) is 18.4 Å². The van der Waals surface area contributed by atoms with Crippen LogP contribution in [-0.4, -0.2) is 53.4 Å². The molecule has 5 nitrogen and oxygen atoms in total. The maximum atomic E-state index is 11.6. The zero-order valence-electron chi connectivity index (χ0n) is 12.0. The van der Waals surface area contributed by atoms with E-state index < -0.39 is 12.0 Å². The number of aliphatic carboxylic acids is 1. The van der Waals surface area contributed by atoms with E-state index >= 15 is 0 Å². The van der Waals surface area contributed by atoms with Crippen molar-refractivity contribution in [1.29, 1.82) is 0 Å². The predicted molar refractivity (Wildman–Crippen MR) is 77.3 cm³/mol. The van der Waals surface area contributed by atoms with E-state index in [1.165, 1.54) is 0 Å². The Balaban J connectivity index is 1.63. The highest BCUT2D eigenvalue weighted by atomic mass is 16.5. The Labute approximate surface area is 124 Å². The number of benzene rings is 1.